The molecule has 0 aliphatic carbocycles. The van der Waals surface area contributed by atoms with E-state index in [4.69, 9.17) is 28.9 Å². The number of anilines is 1. The molecule has 0 spiro atoms. The van der Waals surface area contributed by atoms with Gasteiger partial charge in [-0.15, -0.1) is 0 Å². The molecule has 0 bridgehead atoms. The molecule has 0 aromatic heterocycles. The Morgan fingerprint density at radius 3 is 2.37 bits per heavy atom. The maximum absolute atomic E-state index is 12.1. The van der Waals surface area contributed by atoms with Crippen LogP contribution in [0.5, 0.6) is 0 Å². The minimum atomic E-state index is -3.72. The predicted octanol–water partition coefficient (Wildman–Crippen LogP) is 3.00. The topological polar surface area (TPSA) is 72.2 Å². The monoisotopic (exact) mass is 342 g/mol. The van der Waals surface area contributed by atoms with Crippen LogP contribution in [0.1, 0.15) is 13.3 Å². The Balaban J connectivity index is 2.89. The lowest BCUT2D eigenvalue weighted by Crippen LogP contribution is -2.26. The fourth-order valence-corrected chi connectivity index (χ4v) is 4.05. The molecule has 1 unspecified atom stereocenters. The molecule has 1 aromatic carbocycles. The van der Waals surface area contributed by atoms with Crippen molar-refractivity contribution in [2.45, 2.75) is 23.5 Å². The summed E-state index contributed by atoms with van der Waals surface area (Å²) in [6.07, 6.45) is 2.71. The molecule has 0 heterocycles. The van der Waals surface area contributed by atoms with Crippen molar-refractivity contribution in [3.63, 3.8) is 0 Å². The lowest BCUT2D eigenvalue weighted by Gasteiger charge is -2.12. The Kier molecular flexibility index (Phi) is 6.26. The number of nitrogens with two attached hydrogens (primary N) is 1. The largest absolute Gasteiger partial charge is 0.399 e. The van der Waals surface area contributed by atoms with E-state index in [0.717, 1.165) is 6.42 Å². The fourth-order valence-electron chi connectivity index (χ4n) is 1.42. The first-order valence-corrected chi connectivity index (χ1v) is 9.07. The molecule has 0 aliphatic heterocycles. The fraction of sp³-hybridized carbons (Fsp3) is 0.455. The quantitative estimate of drug-likeness (QED) is 0.779. The average molecular weight is 343 g/mol. The zero-order valence-electron chi connectivity index (χ0n) is 10.6. The summed E-state index contributed by atoms with van der Waals surface area (Å²) in [6, 6.07) is 2.74. The normalized spacial score (nSPS) is 13.5. The second-order valence-corrected chi connectivity index (χ2v) is 7.84. The van der Waals surface area contributed by atoms with Crippen molar-refractivity contribution in [2.75, 3.05) is 18.5 Å². The van der Waals surface area contributed by atoms with Gasteiger partial charge >= 0.3 is 0 Å². The maximum Gasteiger partial charge on any atom is 0.243 e. The van der Waals surface area contributed by atoms with Crippen LogP contribution in [-0.4, -0.2) is 26.5 Å². The predicted molar refractivity (Wildman–Crippen MR) is 83.7 cm³/mol. The Morgan fingerprint density at radius 2 is 1.89 bits per heavy atom. The third-order valence-electron chi connectivity index (χ3n) is 2.53. The maximum atomic E-state index is 12.1. The number of hydrogen-bond donors (Lipinski definition) is 2. The van der Waals surface area contributed by atoms with Gasteiger partial charge in [-0.3, -0.25) is 0 Å². The van der Waals surface area contributed by atoms with Gasteiger partial charge in [0.2, 0.25) is 10.0 Å². The Bertz CT molecular complexity index is 527. The number of thioether (sulfide) groups is 1. The van der Waals surface area contributed by atoms with Gasteiger partial charge < -0.3 is 5.73 Å². The van der Waals surface area contributed by atoms with Crippen molar-refractivity contribution in [1.82, 2.24) is 4.72 Å². The SMILES string of the molecule is CSC(C)CCNS(=O)(=O)c1c(Cl)cc(N)cc1Cl. The molecule has 0 fully saturated rings. The first-order valence-electron chi connectivity index (χ1n) is 5.55. The van der Waals surface area contributed by atoms with Crippen LogP contribution in [0.15, 0.2) is 17.0 Å². The van der Waals surface area contributed by atoms with Gasteiger partial charge in [-0.2, -0.15) is 11.8 Å². The average Bonchev–Trinajstić information content (AvgIpc) is 2.26. The first kappa shape index (κ1) is 16.9. The Labute approximate surface area is 128 Å². The summed E-state index contributed by atoms with van der Waals surface area (Å²) in [5.41, 5.74) is 5.87. The van der Waals surface area contributed by atoms with Crippen LogP contribution in [0.4, 0.5) is 5.69 Å². The van der Waals surface area contributed by atoms with E-state index >= 15 is 0 Å². The van der Waals surface area contributed by atoms with Crippen LogP contribution in [0.25, 0.3) is 0 Å². The lowest BCUT2D eigenvalue weighted by molar-refractivity contribution is 0.579. The highest BCUT2D eigenvalue weighted by molar-refractivity contribution is 7.99. The zero-order valence-corrected chi connectivity index (χ0v) is 13.8. The molecule has 108 valence electrons. The van der Waals surface area contributed by atoms with Crippen LogP contribution >= 0.6 is 35.0 Å². The van der Waals surface area contributed by atoms with Crippen LogP contribution in [0, 0.1) is 0 Å². The van der Waals surface area contributed by atoms with Crippen molar-refractivity contribution in [1.29, 1.82) is 0 Å². The second-order valence-electron chi connectivity index (χ2n) is 4.05. The third kappa shape index (κ3) is 4.72. The number of nitrogen functional groups attached to an aromatic ring is 1. The van der Waals surface area contributed by atoms with Gasteiger partial charge in [0.1, 0.15) is 4.90 Å². The second kappa shape index (κ2) is 7.04. The van der Waals surface area contributed by atoms with Crippen LogP contribution in [0.2, 0.25) is 10.0 Å². The molecule has 0 radical (unpaired) electrons. The molecule has 0 amide bonds. The van der Waals surface area contributed by atoms with Gasteiger partial charge in [0.25, 0.3) is 0 Å². The van der Waals surface area contributed by atoms with Gasteiger partial charge in [0, 0.05) is 17.5 Å². The van der Waals surface area contributed by atoms with Crippen molar-refractivity contribution in [3.05, 3.63) is 22.2 Å². The van der Waals surface area contributed by atoms with Gasteiger partial charge in [0.05, 0.1) is 10.0 Å². The van der Waals surface area contributed by atoms with Crippen LogP contribution in [0.3, 0.4) is 0 Å². The number of nitrogens with one attached hydrogen (secondary N) is 1. The van der Waals surface area contributed by atoms with Crippen molar-refractivity contribution < 1.29 is 8.42 Å². The highest BCUT2D eigenvalue weighted by atomic mass is 35.5. The van der Waals surface area contributed by atoms with Gasteiger partial charge in [-0.05, 0) is 24.8 Å². The summed E-state index contributed by atoms with van der Waals surface area (Å²) >= 11 is 13.5. The number of rotatable bonds is 6. The molecule has 19 heavy (non-hydrogen) atoms. The van der Waals surface area contributed by atoms with E-state index in [0.29, 0.717) is 17.5 Å². The summed E-state index contributed by atoms with van der Waals surface area (Å²) in [6.45, 7) is 2.36. The van der Waals surface area contributed by atoms with E-state index in [1.165, 1.54) is 12.1 Å². The summed E-state index contributed by atoms with van der Waals surface area (Å²) in [5.74, 6) is 0. The molecular weight excluding hydrogens is 327 g/mol. The summed E-state index contributed by atoms with van der Waals surface area (Å²) < 4.78 is 26.7. The van der Waals surface area contributed by atoms with E-state index in [2.05, 4.69) is 4.72 Å². The van der Waals surface area contributed by atoms with Gasteiger partial charge in [-0.1, -0.05) is 30.1 Å². The molecule has 1 atom stereocenters. The summed E-state index contributed by atoms with van der Waals surface area (Å²) in [7, 11) is -3.72. The molecular formula is C11H16Cl2N2O2S2. The number of halogens is 2. The van der Waals surface area contributed by atoms with Gasteiger partial charge in [0.15, 0.2) is 0 Å². The smallest absolute Gasteiger partial charge is 0.243 e. The van der Waals surface area contributed by atoms with Crippen molar-refractivity contribution in [3.8, 4) is 0 Å². The lowest BCUT2D eigenvalue weighted by atomic mass is 10.3. The van der Waals surface area contributed by atoms with Crippen molar-refractivity contribution in [2.24, 2.45) is 0 Å². The first-order chi connectivity index (χ1) is 8.77. The third-order valence-corrected chi connectivity index (χ3v) is 5.96. The van der Waals surface area contributed by atoms with E-state index in [-0.39, 0.29) is 14.9 Å². The number of benzene rings is 1. The Hall–Kier alpha value is -0.140. The Morgan fingerprint density at radius 1 is 1.37 bits per heavy atom. The van der Waals surface area contributed by atoms with E-state index in [9.17, 15) is 8.42 Å². The van der Waals surface area contributed by atoms with E-state index in [1.54, 1.807) is 11.8 Å². The summed E-state index contributed by atoms with van der Waals surface area (Å²) in [5, 5.41) is 0.422. The molecule has 0 saturated heterocycles. The zero-order chi connectivity index (χ0) is 14.6. The van der Waals surface area contributed by atoms with Crippen LogP contribution in [-0.2, 0) is 10.0 Å². The molecule has 1 aromatic rings. The molecule has 0 saturated carbocycles. The van der Waals surface area contributed by atoms with E-state index in [1.807, 2.05) is 13.2 Å². The number of sulfonamides is 1. The molecule has 0 aliphatic rings. The minimum Gasteiger partial charge on any atom is -0.399 e. The molecule has 8 heteroatoms. The summed E-state index contributed by atoms with van der Waals surface area (Å²) in [4.78, 5) is -0.123. The van der Waals surface area contributed by atoms with Crippen molar-refractivity contribution >= 4 is 50.7 Å². The van der Waals surface area contributed by atoms with Gasteiger partial charge in [-0.25, -0.2) is 13.1 Å². The highest BCUT2D eigenvalue weighted by Crippen LogP contribution is 2.31. The minimum absolute atomic E-state index is 0.0235. The standard InChI is InChI=1S/C11H16Cl2N2O2S2/c1-7(18-2)3-4-15-19(16,17)11-9(12)5-8(14)6-10(11)13/h5-7,15H,3-4,14H2,1-2H3. The highest BCUT2D eigenvalue weighted by Gasteiger charge is 2.22. The number of hydrogen-bond acceptors (Lipinski definition) is 4. The van der Waals surface area contributed by atoms with E-state index < -0.39 is 10.0 Å². The molecule has 3 N–H and O–H groups in total. The molecule has 4 nitrogen and oxygen atoms in total. The van der Waals surface area contributed by atoms with Crippen LogP contribution < -0.4 is 10.5 Å². The molecule has 1 rings (SSSR count).